The molecule has 248 valence electrons. The van der Waals surface area contributed by atoms with Crippen molar-refractivity contribution in [3.8, 4) is 11.4 Å². The van der Waals surface area contributed by atoms with E-state index in [9.17, 15) is 0 Å². The molecule has 2 nitrogen and oxygen atoms in total. The van der Waals surface area contributed by atoms with Crippen LogP contribution in [-0.4, -0.2) is 9.13 Å². The van der Waals surface area contributed by atoms with Crippen LogP contribution in [0.5, 0.6) is 0 Å². The first kappa shape index (κ1) is 31.3. The van der Waals surface area contributed by atoms with Crippen LogP contribution in [-0.2, 0) is 5.41 Å². The average Bonchev–Trinajstić information content (AvgIpc) is 3.72. The van der Waals surface area contributed by atoms with Crippen LogP contribution in [0.3, 0.4) is 0 Å². The van der Waals surface area contributed by atoms with Gasteiger partial charge in [0.2, 0.25) is 0 Å². The summed E-state index contributed by atoms with van der Waals surface area (Å²) in [5, 5.41) is 4.97. The fourth-order valence-electron chi connectivity index (χ4n) is 8.50. The van der Waals surface area contributed by atoms with Crippen LogP contribution in [0.15, 0.2) is 206 Å². The topological polar surface area (TPSA) is 9.86 Å². The molecule has 0 saturated carbocycles. The number of nitrogens with zero attached hydrogens (tertiary/aromatic N) is 2. The predicted octanol–water partition coefficient (Wildman–Crippen LogP) is 12.9. The lowest BCUT2D eigenvalue weighted by molar-refractivity contribution is 0.746. The van der Waals surface area contributed by atoms with Crippen molar-refractivity contribution in [1.82, 2.24) is 9.13 Å². The second-order valence-corrected chi connectivity index (χ2v) is 13.3. The SMILES string of the molecule is C.c1ccc(-n2c3ccc(-n4c5ccccc5c5ccccc54)cc3c3cc(C(c4ccccc4)(c4ccccc4)c4ccccc4)ccc32)cc1. The van der Waals surface area contributed by atoms with E-state index < -0.39 is 5.41 Å². The molecule has 8 aromatic carbocycles. The fraction of sp³-hybridized carbons (Fsp3) is 0.0400. The molecular weight excluding hydrogens is 629 g/mol. The van der Waals surface area contributed by atoms with Gasteiger partial charge in [0, 0.05) is 32.9 Å². The van der Waals surface area contributed by atoms with Crippen LogP contribution in [0.25, 0.3) is 55.0 Å². The van der Waals surface area contributed by atoms with Gasteiger partial charge in [-0.25, -0.2) is 0 Å². The molecule has 0 aliphatic heterocycles. The molecule has 0 bridgehead atoms. The Morgan fingerprint density at radius 1 is 0.269 bits per heavy atom. The molecule has 2 heteroatoms. The second kappa shape index (κ2) is 12.6. The zero-order valence-corrected chi connectivity index (χ0v) is 28.0. The van der Waals surface area contributed by atoms with Crippen molar-refractivity contribution in [1.29, 1.82) is 0 Å². The third-order valence-corrected chi connectivity index (χ3v) is 10.7. The van der Waals surface area contributed by atoms with Crippen molar-refractivity contribution in [3.63, 3.8) is 0 Å². The lowest BCUT2D eigenvalue weighted by atomic mass is 9.65. The van der Waals surface area contributed by atoms with Gasteiger partial charge in [-0.2, -0.15) is 0 Å². The lowest BCUT2D eigenvalue weighted by Crippen LogP contribution is -2.30. The number of hydrogen-bond donors (Lipinski definition) is 0. The Labute approximate surface area is 304 Å². The van der Waals surface area contributed by atoms with E-state index in [0.29, 0.717) is 0 Å². The molecule has 0 amide bonds. The van der Waals surface area contributed by atoms with Crippen molar-refractivity contribution in [2.75, 3.05) is 0 Å². The number of hydrogen-bond acceptors (Lipinski definition) is 0. The second-order valence-electron chi connectivity index (χ2n) is 13.3. The molecule has 2 heterocycles. The van der Waals surface area contributed by atoms with Crippen molar-refractivity contribution in [3.05, 3.63) is 229 Å². The van der Waals surface area contributed by atoms with Crippen LogP contribution < -0.4 is 0 Å². The molecule has 0 atom stereocenters. The molecule has 0 spiro atoms. The third-order valence-electron chi connectivity index (χ3n) is 10.7. The van der Waals surface area contributed by atoms with Gasteiger partial charge in [-0.3, -0.25) is 0 Å². The Morgan fingerprint density at radius 3 is 1.17 bits per heavy atom. The molecule has 52 heavy (non-hydrogen) atoms. The molecule has 0 unspecified atom stereocenters. The Bertz CT molecular complexity index is 2680. The van der Waals surface area contributed by atoms with Crippen molar-refractivity contribution >= 4 is 43.6 Å². The average molecular weight is 667 g/mol. The monoisotopic (exact) mass is 666 g/mol. The highest BCUT2D eigenvalue weighted by Gasteiger charge is 2.38. The van der Waals surface area contributed by atoms with Gasteiger partial charge in [-0.15, -0.1) is 0 Å². The van der Waals surface area contributed by atoms with Gasteiger partial charge in [0.15, 0.2) is 0 Å². The molecule has 0 aliphatic rings. The molecule has 0 N–H and O–H groups in total. The van der Waals surface area contributed by atoms with E-state index in [2.05, 4.69) is 215 Å². The largest absolute Gasteiger partial charge is 0.309 e. The standard InChI is InChI=1S/C49H34N2.CH4/c1-5-17-35(18-6-1)49(36-19-7-2-8-20-36,37-21-9-3-10-22-37)38-29-31-47-43(33-38)44-34-40(30-32-48(44)50(47)39-23-11-4-12-24-39)51-45-27-15-13-25-41(45)42-26-14-16-28-46(42)51;/h1-34H;1H4. The van der Waals surface area contributed by atoms with E-state index in [4.69, 9.17) is 0 Å². The number of fused-ring (bicyclic) bond motifs is 6. The normalized spacial score (nSPS) is 11.7. The third kappa shape index (κ3) is 4.65. The van der Waals surface area contributed by atoms with Gasteiger partial charge in [-0.05, 0) is 76.9 Å². The molecule has 10 aromatic rings. The number of para-hydroxylation sites is 3. The molecule has 0 radical (unpaired) electrons. The van der Waals surface area contributed by atoms with Crippen LogP contribution in [0.2, 0.25) is 0 Å². The van der Waals surface area contributed by atoms with Crippen LogP contribution >= 0.6 is 0 Å². The molecule has 10 rings (SSSR count). The Kier molecular flexibility index (Phi) is 7.60. The van der Waals surface area contributed by atoms with E-state index in [-0.39, 0.29) is 7.43 Å². The zero-order chi connectivity index (χ0) is 33.8. The van der Waals surface area contributed by atoms with Crippen molar-refractivity contribution in [2.45, 2.75) is 12.8 Å². The van der Waals surface area contributed by atoms with Gasteiger partial charge in [-0.1, -0.05) is 159 Å². The van der Waals surface area contributed by atoms with Gasteiger partial charge in [0.1, 0.15) is 0 Å². The highest BCUT2D eigenvalue weighted by molar-refractivity contribution is 6.12. The predicted molar refractivity (Wildman–Crippen MR) is 220 cm³/mol. The maximum Gasteiger partial charge on any atom is 0.0701 e. The minimum Gasteiger partial charge on any atom is -0.309 e. The number of benzene rings is 8. The minimum atomic E-state index is -0.538. The van der Waals surface area contributed by atoms with Gasteiger partial charge in [0.05, 0.1) is 27.5 Å². The summed E-state index contributed by atoms with van der Waals surface area (Å²) in [6.07, 6.45) is 0. The fourth-order valence-corrected chi connectivity index (χ4v) is 8.50. The van der Waals surface area contributed by atoms with E-state index in [1.807, 2.05) is 0 Å². The highest BCUT2D eigenvalue weighted by Crippen LogP contribution is 2.47. The first-order chi connectivity index (χ1) is 25.3. The van der Waals surface area contributed by atoms with Crippen LogP contribution in [0.1, 0.15) is 29.7 Å². The van der Waals surface area contributed by atoms with E-state index in [1.165, 1.54) is 65.9 Å². The first-order valence-electron chi connectivity index (χ1n) is 17.6. The van der Waals surface area contributed by atoms with E-state index in [1.54, 1.807) is 0 Å². The zero-order valence-electron chi connectivity index (χ0n) is 28.0. The van der Waals surface area contributed by atoms with Crippen molar-refractivity contribution in [2.24, 2.45) is 0 Å². The van der Waals surface area contributed by atoms with Gasteiger partial charge < -0.3 is 9.13 Å². The quantitative estimate of drug-likeness (QED) is 0.156. The Hall–Kier alpha value is -6.64. The lowest BCUT2D eigenvalue weighted by Gasteiger charge is -2.37. The maximum atomic E-state index is 2.46. The van der Waals surface area contributed by atoms with Crippen LogP contribution in [0.4, 0.5) is 0 Å². The molecule has 0 fully saturated rings. The number of aromatic nitrogens is 2. The smallest absolute Gasteiger partial charge is 0.0701 e. The summed E-state index contributed by atoms with van der Waals surface area (Å²) in [4.78, 5) is 0. The van der Waals surface area contributed by atoms with Gasteiger partial charge in [0.25, 0.3) is 0 Å². The number of rotatable bonds is 6. The Balaban J connectivity index is 0.00000360. The van der Waals surface area contributed by atoms with E-state index in [0.717, 1.165) is 11.4 Å². The summed E-state index contributed by atoms with van der Waals surface area (Å²) < 4.78 is 4.83. The summed E-state index contributed by atoms with van der Waals surface area (Å²) in [6.45, 7) is 0. The van der Waals surface area contributed by atoms with E-state index >= 15 is 0 Å². The first-order valence-corrected chi connectivity index (χ1v) is 17.6. The Morgan fingerprint density at radius 2 is 0.654 bits per heavy atom. The highest BCUT2D eigenvalue weighted by atomic mass is 15.0. The molecule has 0 saturated heterocycles. The van der Waals surface area contributed by atoms with Crippen molar-refractivity contribution < 1.29 is 0 Å². The van der Waals surface area contributed by atoms with Crippen LogP contribution in [0, 0.1) is 0 Å². The summed E-state index contributed by atoms with van der Waals surface area (Å²) in [5.74, 6) is 0. The summed E-state index contributed by atoms with van der Waals surface area (Å²) in [5.41, 5.74) is 11.5. The van der Waals surface area contributed by atoms with Gasteiger partial charge >= 0.3 is 0 Å². The summed E-state index contributed by atoms with van der Waals surface area (Å²) in [7, 11) is 0. The summed E-state index contributed by atoms with van der Waals surface area (Å²) in [6, 6.07) is 75.3. The maximum absolute atomic E-state index is 2.46. The molecular formula is C50H38N2. The molecule has 0 aliphatic carbocycles. The summed E-state index contributed by atoms with van der Waals surface area (Å²) >= 11 is 0. The molecule has 2 aromatic heterocycles. The minimum absolute atomic E-state index is 0.